The fraction of sp³-hybridized carbons (Fsp3) is 0.316. The number of ether oxygens (including phenoxy) is 1. The zero-order valence-electron chi connectivity index (χ0n) is 14.8. The van der Waals surface area contributed by atoms with Gasteiger partial charge in [0.15, 0.2) is 0 Å². The minimum atomic E-state index is -1.86. The molecule has 1 unspecified atom stereocenters. The van der Waals surface area contributed by atoms with Crippen molar-refractivity contribution in [2.24, 2.45) is 5.73 Å². The molecule has 1 saturated heterocycles. The Balaban J connectivity index is 1.79. The van der Waals surface area contributed by atoms with Gasteiger partial charge < -0.3 is 25.5 Å². The maximum absolute atomic E-state index is 14.5. The van der Waals surface area contributed by atoms with Gasteiger partial charge in [0.25, 0.3) is 11.8 Å². The van der Waals surface area contributed by atoms with Crippen molar-refractivity contribution < 1.29 is 23.8 Å². The second-order valence-electron chi connectivity index (χ2n) is 6.65. The number of aromatic nitrogens is 2. The lowest BCUT2D eigenvalue weighted by Crippen LogP contribution is -2.50. The van der Waals surface area contributed by atoms with Gasteiger partial charge in [0.1, 0.15) is 29.7 Å². The van der Waals surface area contributed by atoms with Gasteiger partial charge in [-0.3, -0.25) is 9.59 Å². The van der Waals surface area contributed by atoms with Crippen LogP contribution < -0.4 is 15.8 Å². The van der Waals surface area contributed by atoms with Gasteiger partial charge >= 0.3 is 0 Å². The van der Waals surface area contributed by atoms with Crippen LogP contribution in [0.15, 0.2) is 18.3 Å². The van der Waals surface area contributed by atoms with E-state index in [1.807, 2.05) is 0 Å². The summed E-state index contributed by atoms with van der Waals surface area (Å²) in [6.45, 7) is 1.14. The minimum Gasteiger partial charge on any atom is -0.491 e. The van der Waals surface area contributed by atoms with E-state index in [0.29, 0.717) is 30.9 Å². The zero-order chi connectivity index (χ0) is 19.9. The van der Waals surface area contributed by atoms with Crippen LogP contribution in [0.5, 0.6) is 5.75 Å². The maximum Gasteiger partial charge on any atom is 0.268 e. The van der Waals surface area contributed by atoms with Gasteiger partial charge in [-0.25, -0.2) is 9.37 Å². The molecule has 3 heterocycles. The van der Waals surface area contributed by atoms with Crippen LogP contribution in [-0.4, -0.2) is 45.2 Å². The molecule has 1 aromatic heterocycles. The van der Waals surface area contributed by atoms with Crippen LogP contribution in [0.2, 0.25) is 0 Å². The number of hydrogen-bond donors (Lipinski definition) is 3. The normalized spacial score (nSPS) is 20.6. The number of benzene rings is 1. The highest BCUT2D eigenvalue weighted by atomic mass is 19.1. The molecular weight excluding hydrogens is 367 g/mol. The molecule has 4 rings (SSSR count). The molecule has 0 bridgehead atoms. The number of piperidine rings is 1. The summed E-state index contributed by atoms with van der Waals surface area (Å²) in [7, 11) is 0. The molecule has 2 aliphatic rings. The summed E-state index contributed by atoms with van der Waals surface area (Å²) in [4.78, 5) is 27.6. The van der Waals surface area contributed by atoms with Crippen LogP contribution in [0.4, 0.5) is 4.39 Å². The van der Waals surface area contributed by atoms with Crippen LogP contribution in [0.3, 0.4) is 0 Å². The number of imidazole rings is 1. The second kappa shape index (κ2) is 6.65. The average Bonchev–Trinajstić information content (AvgIpc) is 3.01. The van der Waals surface area contributed by atoms with E-state index in [1.54, 1.807) is 4.57 Å². The Morgan fingerprint density at radius 3 is 3.04 bits per heavy atom. The van der Waals surface area contributed by atoms with E-state index in [9.17, 15) is 19.1 Å². The Kier molecular flexibility index (Phi) is 4.28. The topological polar surface area (TPSA) is 119 Å². The summed E-state index contributed by atoms with van der Waals surface area (Å²) in [5, 5.41) is 12.9. The van der Waals surface area contributed by atoms with Gasteiger partial charge in [-0.15, -0.1) is 0 Å². The monoisotopic (exact) mass is 384 g/mol. The lowest BCUT2D eigenvalue weighted by atomic mass is 9.93. The number of fused-ring (bicyclic) bond motifs is 3. The number of primary amides is 1. The second-order valence-corrected chi connectivity index (χ2v) is 6.65. The number of carbonyl (C=O) groups is 2. The maximum atomic E-state index is 14.5. The third-order valence-electron chi connectivity index (χ3n) is 4.71. The van der Waals surface area contributed by atoms with Gasteiger partial charge in [-0.2, -0.15) is 0 Å². The molecule has 1 aromatic carbocycles. The van der Waals surface area contributed by atoms with E-state index in [2.05, 4.69) is 22.1 Å². The van der Waals surface area contributed by atoms with Gasteiger partial charge in [0, 0.05) is 18.8 Å². The summed E-state index contributed by atoms with van der Waals surface area (Å²) in [5.41, 5.74) is 3.96. The van der Waals surface area contributed by atoms with Crippen molar-refractivity contribution in [1.82, 2.24) is 14.9 Å². The number of amides is 2. The summed E-state index contributed by atoms with van der Waals surface area (Å²) in [6, 6.07) is 2.61. The van der Waals surface area contributed by atoms with E-state index in [4.69, 9.17) is 10.5 Å². The summed E-state index contributed by atoms with van der Waals surface area (Å²) < 4.78 is 21.8. The van der Waals surface area contributed by atoms with Gasteiger partial charge in [0.2, 0.25) is 5.60 Å². The molecule has 28 heavy (non-hydrogen) atoms. The highest BCUT2D eigenvalue weighted by Crippen LogP contribution is 2.34. The number of nitrogens with zero attached hydrogens (tertiary/aromatic N) is 2. The first kappa shape index (κ1) is 18.0. The average molecular weight is 384 g/mol. The van der Waals surface area contributed by atoms with Crippen LogP contribution in [0.1, 0.15) is 28.9 Å². The Bertz CT molecular complexity index is 1050. The van der Waals surface area contributed by atoms with Crippen LogP contribution in [0.25, 0.3) is 11.4 Å². The number of nitrogens with one attached hydrogen (secondary N) is 1. The number of nitrogens with two attached hydrogens (primary N) is 1. The number of rotatable bonds is 1. The van der Waals surface area contributed by atoms with E-state index in [0.717, 1.165) is 0 Å². The first-order valence-corrected chi connectivity index (χ1v) is 8.75. The number of hydrogen-bond acceptors (Lipinski definition) is 5. The largest absolute Gasteiger partial charge is 0.491 e. The summed E-state index contributed by atoms with van der Waals surface area (Å²) in [6.07, 6.45) is 2.26. The molecule has 0 spiro atoms. The van der Waals surface area contributed by atoms with E-state index >= 15 is 0 Å². The molecule has 4 N–H and O–H groups in total. The Morgan fingerprint density at radius 1 is 1.46 bits per heavy atom. The van der Waals surface area contributed by atoms with Crippen molar-refractivity contribution in [3.8, 4) is 29.0 Å². The molecule has 1 atom stereocenters. The van der Waals surface area contributed by atoms with Crippen LogP contribution >= 0.6 is 0 Å². The first-order chi connectivity index (χ1) is 13.4. The fourth-order valence-electron chi connectivity index (χ4n) is 3.21. The predicted molar refractivity (Wildman–Crippen MR) is 95.7 cm³/mol. The summed E-state index contributed by atoms with van der Waals surface area (Å²) in [5.74, 6) is 3.80. The minimum absolute atomic E-state index is 0.0220. The van der Waals surface area contributed by atoms with E-state index in [1.165, 1.54) is 18.3 Å². The zero-order valence-corrected chi connectivity index (χ0v) is 14.8. The molecule has 9 heteroatoms. The quantitative estimate of drug-likeness (QED) is 0.606. The highest BCUT2D eigenvalue weighted by Gasteiger charge is 2.36. The highest BCUT2D eigenvalue weighted by molar-refractivity contribution is 5.91. The third kappa shape index (κ3) is 3.08. The number of aliphatic hydroxyl groups is 1. The lowest BCUT2D eigenvalue weighted by molar-refractivity contribution is -0.137. The molecule has 144 valence electrons. The Hall–Kier alpha value is -3.38. The molecule has 2 aromatic rings. The van der Waals surface area contributed by atoms with Gasteiger partial charge in [-0.05, 0) is 18.9 Å². The molecule has 0 radical (unpaired) electrons. The summed E-state index contributed by atoms with van der Waals surface area (Å²) >= 11 is 0. The van der Waals surface area contributed by atoms with Crippen molar-refractivity contribution in [2.75, 3.05) is 13.2 Å². The van der Waals surface area contributed by atoms with Crippen molar-refractivity contribution in [3.63, 3.8) is 0 Å². The molecule has 1 fully saturated rings. The van der Waals surface area contributed by atoms with Crippen LogP contribution in [-0.2, 0) is 11.3 Å². The van der Waals surface area contributed by atoms with Gasteiger partial charge in [-0.1, -0.05) is 11.8 Å². The third-order valence-corrected chi connectivity index (χ3v) is 4.71. The molecule has 2 aliphatic heterocycles. The SMILES string of the molecule is NC(=O)c1cn2c(n1)-c1cc(C#CC3(O)CCCNC3=O)c(F)cc1OCC2. The molecular formula is C19H17FN4O4. The van der Waals surface area contributed by atoms with Crippen molar-refractivity contribution >= 4 is 11.8 Å². The Labute approximate surface area is 159 Å². The number of halogens is 1. The Morgan fingerprint density at radius 2 is 2.29 bits per heavy atom. The van der Waals surface area contributed by atoms with E-state index in [-0.39, 0.29) is 30.0 Å². The molecule has 0 aliphatic carbocycles. The van der Waals surface area contributed by atoms with E-state index < -0.39 is 23.2 Å². The first-order valence-electron chi connectivity index (χ1n) is 8.75. The van der Waals surface area contributed by atoms with Crippen molar-refractivity contribution in [1.29, 1.82) is 0 Å². The van der Waals surface area contributed by atoms with Crippen molar-refractivity contribution in [2.45, 2.75) is 25.0 Å². The van der Waals surface area contributed by atoms with Crippen LogP contribution in [0, 0.1) is 17.7 Å². The van der Waals surface area contributed by atoms with Gasteiger partial charge in [0.05, 0.1) is 17.7 Å². The number of carbonyl (C=O) groups excluding carboxylic acids is 2. The fourth-order valence-corrected chi connectivity index (χ4v) is 3.21. The predicted octanol–water partition coefficient (Wildman–Crippen LogP) is 0.173. The smallest absolute Gasteiger partial charge is 0.268 e. The lowest BCUT2D eigenvalue weighted by Gasteiger charge is -2.25. The molecule has 0 saturated carbocycles. The molecule has 8 nitrogen and oxygen atoms in total. The standard InChI is InChI=1S/C19H17FN4O4/c20-13-9-15-12(17-23-14(16(21)25)10-24(17)6-7-28-15)8-11(13)2-4-19(27)3-1-5-22-18(19)26/h8-10,27H,1,3,5-7H2,(H2,21,25)(H,22,26). The van der Waals surface area contributed by atoms with Crippen molar-refractivity contribution in [3.05, 3.63) is 35.4 Å². The molecule has 2 amide bonds.